The zero-order valence-electron chi connectivity index (χ0n) is 12.1. The molecule has 1 aliphatic rings. The lowest BCUT2D eigenvalue weighted by molar-refractivity contribution is 0.0945. The van der Waals surface area contributed by atoms with Gasteiger partial charge in [-0.15, -0.1) is 12.4 Å². The smallest absolute Gasteiger partial charge is 0.268 e. The number of aromatic nitrogens is 1. The van der Waals surface area contributed by atoms with E-state index in [0.717, 1.165) is 30.6 Å². The molecule has 2 heterocycles. The SMILES string of the molecule is CC(=O)c1c(C)[nH]c(C(=O)NCC2CCCN2)c1C.Cl. The highest BCUT2D eigenvalue weighted by atomic mass is 35.5. The molecule has 1 unspecified atom stereocenters. The molecule has 0 bridgehead atoms. The molecule has 2 rings (SSSR count). The van der Waals surface area contributed by atoms with Crippen LogP contribution in [0.25, 0.3) is 0 Å². The number of amides is 1. The molecule has 1 amide bonds. The standard InChI is InChI=1S/C14H21N3O2.ClH/c1-8-12(10(3)18)9(2)17-13(8)14(19)16-7-11-5-4-6-15-11;/h11,15,17H,4-7H2,1-3H3,(H,16,19);1H. The number of H-pyrrole nitrogens is 1. The quantitative estimate of drug-likeness (QED) is 0.741. The Hall–Kier alpha value is -1.33. The molecule has 0 aromatic carbocycles. The van der Waals surface area contributed by atoms with Crippen LogP contribution in [-0.2, 0) is 0 Å². The molecule has 20 heavy (non-hydrogen) atoms. The van der Waals surface area contributed by atoms with Crippen LogP contribution in [0.4, 0.5) is 0 Å². The average molecular weight is 300 g/mol. The van der Waals surface area contributed by atoms with Gasteiger partial charge in [-0.25, -0.2) is 0 Å². The Labute approximate surface area is 125 Å². The number of aromatic amines is 1. The Morgan fingerprint density at radius 2 is 2.05 bits per heavy atom. The van der Waals surface area contributed by atoms with Gasteiger partial charge in [0.2, 0.25) is 0 Å². The fourth-order valence-corrected chi connectivity index (χ4v) is 2.74. The molecule has 112 valence electrons. The van der Waals surface area contributed by atoms with Gasteiger partial charge in [0.05, 0.1) is 0 Å². The predicted octanol–water partition coefficient (Wildman–Crippen LogP) is 1.74. The molecule has 0 spiro atoms. The van der Waals surface area contributed by atoms with Crippen LogP contribution in [0, 0.1) is 13.8 Å². The first-order valence-electron chi connectivity index (χ1n) is 6.72. The van der Waals surface area contributed by atoms with Crippen LogP contribution in [0.2, 0.25) is 0 Å². The van der Waals surface area contributed by atoms with E-state index in [2.05, 4.69) is 15.6 Å². The molecule has 0 aliphatic carbocycles. The Kier molecular flexibility index (Phi) is 5.77. The summed E-state index contributed by atoms with van der Waals surface area (Å²) in [7, 11) is 0. The molecule has 0 saturated carbocycles. The second-order valence-corrected chi connectivity index (χ2v) is 5.18. The number of hydrogen-bond donors (Lipinski definition) is 3. The lowest BCUT2D eigenvalue weighted by Crippen LogP contribution is -2.37. The van der Waals surface area contributed by atoms with E-state index in [0.29, 0.717) is 23.8 Å². The van der Waals surface area contributed by atoms with Gasteiger partial charge in [-0.05, 0) is 45.7 Å². The third-order valence-electron chi connectivity index (χ3n) is 3.69. The molecule has 1 atom stereocenters. The van der Waals surface area contributed by atoms with Crippen LogP contribution in [0.3, 0.4) is 0 Å². The largest absolute Gasteiger partial charge is 0.354 e. The third kappa shape index (κ3) is 3.41. The minimum atomic E-state index is -0.137. The highest BCUT2D eigenvalue weighted by molar-refractivity contribution is 6.02. The highest BCUT2D eigenvalue weighted by Gasteiger charge is 2.21. The van der Waals surface area contributed by atoms with Gasteiger partial charge >= 0.3 is 0 Å². The summed E-state index contributed by atoms with van der Waals surface area (Å²) >= 11 is 0. The number of aryl methyl sites for hydroxylation is 1. The van der Waals surface area contributed by atoms with Crippen LogP contribution in [0.5, 0.6) is 0 Å². The van der Waals surface area contributed by atoms with E-state index < -0.39 is 0 Å². The van der Waals surface area contributed by atoms with Crippen LogP contribution in [-0.4, -0.2) is 35.8 Å². The van der Waals surface area contributed by atoms with E-state index in [1.165, 1.54) is 6.92 Å². The Morgan fingerprint density at radius 1 is 1.35 bits per heavy atom. The van der Waals surface area contributed by atoms with Crippen molar-refractivity contribution in [3.05, 3.63) is 22.5 Å². The maximum atomic E-state index is 12.1. The number of nitrogens with one attached hydrogen (secondary N) is 3. The molecule has 6 heteroatoms. The third-order valence-corrected chi connectivity index (χ3v) is 3.69. The first-order valence-corrected chi connectivity index (χ1v) is 6.72. The van der Waals surface area contributed by atoms with Crippen molar-refractivity contribution in [1.29, 1.82) is 0 Å². The lowest BCUT2D eigenvalue weighted by atomic mass is 10.1. The molecule has 1 aliphatic heterocycles. The van der Waals surface area contributed by atoms with Crippen molar-refractivity contribution in [3.8, 4) is 0 Å². The number of rotatable bonds is 4. The molecule has 0 radical (unpaired) electrons. The second-order valence-electron chi connectivity index (χ2n) is 5.18. The molecule has 1 fully saturated rings. The van der Waals surface area contributed by atoms with Gasteiger partial charge in [-0.2, -0.15) is 0 Å². The summed E-state index contributed by atoms with van der Waals surface area (Å²) in [5.74, 6) is -0.149. The second kappa shape index (κ2) is 6.90. The van der Waals surface area contributed by atoms with E-state index in [9.17, 15) is 9.59 Å². The van der Waals surface area contributed by atoms with Gasteiger partial charge in [0, 0.05) is 23.8 Å². The molecule has 1 aromatic rings. The van der Waals surface area contributed by atoms with Crippen molar-refractivity contribution in [1.82, 2.24) is 15.6 Å². The Balaban J connectivity index is 0.00000200. The minimum Gasteiger partial charge on any atom is -0.354 e. The van der Waals surface area contributed by atoms with Crippen molar-refractivity contribution in [2.45, 2.75) is 39.7 Å². The van der Waals surface area contributed by atoms with E-state index in [4.69, 9.17) is 0 Å². The first-order chi connectivity index (χ1) is 9.00. The van der Waals surface area contributed by atoms with E-state index in [1.807, 2.05) is 13.8 Å². The first kappa shape index (κ1) is 16.7. The molecule has 5 nitrogen and oxygen atoms in total. The lowest BCUT2D eigenvalue weighted by Gasteiger charge is -2.11. The number of carbonyl (C=O) groups excluding carboxylic acids is 2. The van der Waals surface area contributed by atoms with Gasteiger partial charge in [-0.3, -0.25) is 9.59 Å². The number of ketones is 1. The highest BCUT2D eigenvalue weighted by Crippen LogP contribution is 2.18. The zero-order valence-corrected chi connectivity index (χ0v) is 12.9. The predicted molar refractivity (Wildman–Crippen MR) is 80.9 cm³/mol. The number of carbonyl (C=O) groups is 2. The molecule has 1 aromatic heterocycles. The number of Topliss-reactive ketones (excluding diaryl/α,β-unsaturated/α-hetero) is 1. The molecule has 1 saturated heterocycles. The summed E-state index contributed by atoms with van der Waals surface area (Å²) < 4.78 is 0. The van der Waals surface area contributed by atoms with E-state index >= 15 is 0 Å². The van der Waals surface area contributed by atoms with Gasteiger partial charge in [0.15, 0.2) is 5.78 Å². The summed E-state index contributed by atoms with van der Waals surface area (Å²) in [5.41, 5.74) is 2.63. The van der Waals surface area contributed by atoms with E-state index in [1.54, 1.807) is 0 Å². The van der Waals surface area contributed by atoms with Crippen molar-refractivity contribution < 1.29 is 9.59 Å². The monoisotopic (exact) mass is 299 g/mol. The summed E-state index contributed by atoms with van der Waals surface area (Å²) in [6.07, 6.45) is 2.26. The summed E-state index contributed by atoms with van der Waals surface area (Å²) in [4.78, 5) is 26.7. The van der Waals surface area contributed by atoms with Crippen molar-refractivity contribution in [2.24, 2.45) is 0 Å². The normalized spacial score (nSPS) is 17.6. The zero-order chi connectivity index (χ0) is 14.0. The Bertz CT molecular complexity index is 505. The van der Waals surface area contributed by atoms with Crippen molar-refractivity contribution >= 4 is 24.1 Å². The van der Waals surface area contributed by atoms with Crippen molar-refractivity contribution in [3.63, 3.8) is 0 Å². The average Bonchev–Trinajstić information content (AvgIpc) is 2.94. The van der Waals surface area contributed by atoms with Crippen LogP contribution >= 0.6 is 12.4 Å². The molecular formula is C14H22ClN3O2. The minimum absolute atomic E-state index is 0. The van der Waals surface area contributed by atoms with Gasteiger partial charge in [0.25, 0.3) is 5.91 Å². The van der Waals surface area contributed by atoms with Crippen molar-refractivity contribution in [2.75, 3.05) is 13.1 Å². The van der Waals surface area contributed by atoms with Crippen LogP contribution in [0.1, 0.15) is 51.9 Å². The summed E-state index contributed by atoms with van der Waals surface area (Å²) in [6, 6.07) is 0.368. The van der Waals surface area contributed by atoms with E-state index in [-0.39, 0.29) is 24.1 Å². The van der Waals surface area contributed by atoms with Crippen LogP contribution < -0.4 is 10.6 Å². The van der Waals surface area contributed by atoms with Gasteiger partial charge in [0.1, 0.15) is 5.69 Å². The van der Waals surface area contributed by atoms with Gasteiger partial charge in [-0.1, -0.05) is 0 Å². The fraction of sp³-hybridized carbons (Fsp3) is 0.571. The maximum absolute atomic E-state index is 12.1. The van der Waals surface area contributed by atoms with Gasteiger partial charge < -0.3 is 15.6 Å². The number of hydrogen-bond acceptors (Lipinski definition) is 3. The summed E-state index contributed by atoms with van der Waals surface area (Å²) in [5, 5.41) is 6.25. The molecular weight excluding hydrogens is 278 g/mol. The summed E-state index contributed by atoms with van der Waals surface area (Å²) in [6.45, 7) is 6.80. The topological polar surface area (TPSA) is 74.0 Å². The molecule has 3 N–H and O–H groups in total. The fourth-order valence-electron chi connectivity index (χ4n) is 2.74. The number of halogens is 1. The maximum Gasteiger partial charge on any atom is 0.268 e. The van der Waals surface area contributed by atoms with Crippen LogP contribution in [0.15, 0.2) is 0 Å². The Morgan fingerprint density at radius 3 is 2.55 bits per heavy atom.